The van der Waals surface area contributed by atoms with Crippen molar-refractivity contribution in [3.05, 3.63) is 139 Å². The van der Waals surface area contributed by atoms with Gasteiger partial charge < -0.3 is 0 Å². The molecule has 0 bridgehead atoms. The third-order valence-electron chi connectivity index (χ3n) is 7.30. The molecule has 0 atom stereocenters. The zero-order valence-corrected chi connectivity index (χ0v) is 20.6. The van der Waals surface area contributed by atoms with Crippen molar-refractivity contribution in [3.63, 3.8) is 0 Å². The summed E-state index contributed by atoms with van der Waals surface area (Å²) in [5, 5.41) is 15.1. The molecule has 0 radical (unpaired) electrons. The molecule has 6 aromatic carbocycles. The summed E-state index contributed by atoms with van der Waals surface area (Å²) in [7, 11) is 0. The van der Waals surface area contributed by atoms with Gasteiger partial charge in [-0.15, -0.1) is 0 Å². The molecule has 7 aromatic rings. The van der Waals surface area contributed by atoms with Gasteiger partial charge >= 0.3 is 0 Å². The van der Waals surface area contributed by atoms with Crippen molar-refractivity contribution in [2.45, 2.75) is 0 Å². The Balaban J connectivity index is 1.26. The Morgan fingerprint density at radius 2 is 1.00 bits per heavy atom. The minimum Gasteiger partial charge on any atom is -0.256 e. The largest absolute Gasteiger partial charge is 0.256 e. The zero-order chi connectivity index (χ0) is 25.5. The molecule has 0 aliphatic rings. The first kappa shape index (κ1) is 22.0. The van der Waals surface area contributed by atoms with E-state index < -0.39 is 0 Å². The maximum absolute atomic E-state index is 9.10. The van der Waals surface area contributed by atoms with Crippen LogP contribution in [0.2, 0.25) is 0 Å². The Morgan fingerprint density at radius 1 is 0.447 bits per heavy atom. The van der Waals surface area contributed by atoms with Crippen molar-refractivity contribution in [2.75, 3.05) is 0 Å². The summed E-state index contributed by atoms with van der Waals surface area (Å²) < 4.78 is 0. The van der Waals surface area contributed by atoms with Gasteiger partial charge in [0.15, 0.2) is 0 Å². The van der Waals surface area contributed by atoms with Crippen LogP contribution in [0.1, 0.15) is 5.56 Å². The summed E-state index contributed by atoms with van der Waals surface area (Å²) in [6.07, 6.45) is 1.86. The van der Waals surface area contributed by atoms with E-state index in [4.69, 9.17) is 5.26 Å². The topological polar surface area (TPSA) is 36.7 Å². The Hall–Kier alpha value is -5.26. The van der Waals surface area contributed by atoms with Gasteiger partial charge in [0.2, 0.25) is 0 Å². The SMILES string of the molecule is N#Cc1ccc(-c2ccc3ccc(-c4ccc5cc(-c6cccc7cccnc67)ccc5c4)cc3c2)cc1. The maximum atomic E-state index is 9.10. The summed E-state index contributed by atoms with van der Waals surface area (Å²) in [4.78, 5) is 4.64. The van der Waals surface area contributed by atoms with Gasteiger partial charge in [-0.25, -0.2) is 0 Å². The molecule has 176 valence electrons. The van der Waals surface area contributed by atoms with Crippen molar-refractivity contribution in [1.82, 2.24) is 4.98 Å². The lowest BCUT2D eigenvalue weighted by atomic mass is 9.95. The Bertz CT molecular complexity index is 2020. The highest BCUT2D eigenvalue weighted by molar-refractivity contribution is 5.98. The molecule has 0 saturated heterocycles. The first-order valence-corrected chi connectivity index (χ1v) is 12.7. The van der Waals surface area contributed by atoms with Crippen molar-refractivity contribution < 1.29 is 0 Å². The smallest absolute Gasteiger partial charge is 0.0991 e. The third kappa shape index (κ3) is 3.88. The number of pyridine rings is 1. The van der Waals surface area contributed by atoms with E-state index in [0.717, 1.165) is 27.6 Å². The molecule has 0 aliphatic carbocycles. The second-order valence-corrected chi connectivity index (χ2v) is 9.62. The number of benzene rings is 6. The lowest BCUT2D eigenvalue weighted by Gasteiger charge is -2.10. The number of para-hydroxylation sites is 1. The van der Waals surface area contributed by atoms with Gasteiger partial charge in [-0.3, -0.25) is 4.98 Å². The highest BCUT2D eigenvalue weighted by Crippen LogP contribution is 2.33. The van der Waals surface area contributed by atoms with Gasteiger partial charge in [0.1, 0.15) is 0 Å². The summed E-state index contributed by atoms with van der Waals surface area (Å²) in [5.41, 5.74) is 8.68. The number of hydrogen-bond donors (Lipinski definition) is 0. The lowest BCUT2D eigenvalue weighted by molar-refractivity contribution is 1.41. The van der Waals surface area contributed by atoms with Crippen LogP contribution in [0.15, 0.2) is 134 Å². The van der Waals surface area contributed by atoms with E-state index in [2.05, 4.69) is 108 Å². The fourth-order valence-corrected chi connectivity index (χ4v) is 5.27. The van der Waals surface area contributed by atoms with Crippen LogP contribution in [0, 0.1) is 11.3 Å². The number of nitriles is 1. The molecule has 7 rings (SSSR count). The van der Waals surface area contributed by atoms with E-state index in [1.165, 1.54) is 38.2 Å². The van der Waals surface area contributed by atoms with Crippen LogP contribution in [0.4, 0.5) is 0 Å². The van der Waals surface area contributed by atoms with E-state index in [9.17, 15) is 0 Å². The Kier molecular flexibility index (Phi) is 5.20. The normalized spacial score (nSPS) is 11.1. The fraction of sp³-hybridized carbons (Fsp3) is 0. The van der Waals surface area contributed by atoms with Gasteiger partial charge in [0, 0.05) is 17.1 Å². The molecule has 0 amide bonds. The van der Waals surface area contributed by atoms with Gasteiger partial charge in [0.25, 0.3) is 0 Å². The zero-order valence-electron chi connectivity index (χ0n) is 20.6. The number of fused-ring (bicyclic) bond motifs is 3. The molecule has 0 unspecified atom stereocenters. The predicted molar refractivity (Wildman–Crippen MR) is 158 cm³/mol. The molecule has 0 saturated carbocycles. The minimum atomic E-state index is 0.675. The highest BCUT2D eigenvalue weighted by atomic mass is 14.6. The summed E-state index contributed by atoms with van der Waals surface area (Å²) in [6, 6.07) is 46.9. The average molecular weight is 483 g/mol. The molecule has 0 fully saturated rings. The second-order valence-electron chi connectivity index (χ2n) is 9.62. The van der Waals surface area contributed by atoms with Crippen molar-refractivity contribution >= 4 is 32.4 Å². The molecule has 0 N–H and O–H groups in total. The van der Waals surface area contributed by atoms with E-state index in [0.29, 0.717) is 5.56 Å². The number of rotatable bonds is 3. The van der Waals surface area contributed by atoms with Crippen LogP contribution < -0.4 is 0 Å². The predicted octanol–water partition coefficient (Wildman–Crippen LogP) is 9.41. The van der Waals surface area contributed by atoms with E-state index in [-0.39, 0.29) is 0 Å². The maximum Gasteiger partial charge on any atom is 0.0991 e. The molecule has 2 nitrogen and oxygen atoms in total. The van der Waals surface area contributed by atoms with Crippen LogP contribution in [-0.4, -0.2) is 4.98 Å². The third-order valence-corrected chi connectivity index (χ3v) is 7.30. The van der Waals surface area contributed by atoms with Crippen molar-refractivity contribution in [2.24, 2.45) is 0 Å². The molecule has 1 aromatic heterocycles. The van der Waals surface area contributed by atoms with Crippen LogP contribution >= 0.6 is 0 Å². The van der Waals surface area contributed by atoms with Crippen LogP contribution in [0.3, 0.4) is 0 Å². The molecule has 38 heavy (non-hydrogen) atoms. The molecular formula is C36H22N2. The van der Waals surface area contributed by atoms with E-state index in [1.807, 2.05) is 36.5 Å². The summed E-state index contributed by atoms with van der Waals surface area (Å²) in [6.45, 7) is 0. The van der Waals surface area contributed by atoms with Crippen LogP contribution in [0.25, 0.3) is 65.8 Å². The van der Waals surface area contributed by atoms with Gasteiger partial charge in [-0.1, -0.05) is 84.9 Å². The van der Waals surface area contributed by atoms with E-state index >= 15 is 0 Å². The summed E-state index contributed by atoms with van der Waals surface area (Å²) in [5.74, 6) is 0. The number of hydrogen-bond acceptors (Lipinski definition) is 2. The first-order chi connectivity index (χ1) is 18.7. The van der Waals surface area contributed by atoms with Crippen LogP contribution in [-0.2, 0) is 0 Å². The standard InChI is InChI=1S/C36H22N2/c37-23-24-6-8-25(9-7-24)28-12-10-26-11-13-32(22-34(26)21-28)29-14-15-31-20-33(17-16-30(31)19-29)35-5-1-3-27-4-2-18-38-36(27)35/h1-22H. The van der Waals surface area contributed by atoms with Crippen molar-refractivity contribution in [3.8, 4) is 39.4 Å². The number of aromatic nitrogens is 1. The Morgan fingerprint density at radius 3 is 1.71 bits per heavy atom. The van der Waals surface area contributed by atoms with E-state index in [1.54, 1.807) is 0 Å². The first-order valence-electron chi connectivity index (χ1n) is 12.7. The molecule has 0 spiro atoms. The van der Waals surface area contributed by atoms with Gasteiger partial charge in [-0.05, 0) is 91.8 Å². The molecule has 0 aliphatic heterocycles. The Labute approximate surface area is 221 Å². The average Bonchev–Trinajstić information content (AvgIpc) is 2.99. The lowest BCUT2D eigenvalue weighted by Crippen LogP contribution is -1.86. The van der Waals surface area contributed by atoms with Gasteiger partial charge in [0.05, 0.1) is 17.1 Å². The van der Waals surface area contributed by atoms with Gasteiger partial charge in [-0.2, -0.15) is 5.26 Å². The number of nitrogens with zero attached hydrogens (tertiary/aromatic N) is 2. The fourth-order valence-electron chi connectivity index (χ4n) is 5.27. The highest BCUT2D eigenvalue weighted by Gasteiger charge is 2.08. The summed E-state index contributed by atoms with van der Waals surface area (Å²) >= 11 is 0. The quantitative estimate of drug-likeness (QED) is 0.251. The van der Waals surface area contributed by atoms with Crippen molar-refractivity contribution in [1.29, 1.82) is 5.26 Å². The molecule has 2 heteroatoms. The molecule has 1 heterocycles. The minimum absolute atomic E-state index is 0.675. The second kappa shape index (κ2) is 9.00. The van der Waals surface area contributed by atoms with Crippen LogP contribution in [0.5, 0.6) is 0 Å². The monoisotopic (exact) mass is 482 g/mol. The molecular weight excluding hydrogens is 460 g/mol.